The molecule has 0 aliphatic rings. The van der Waals surface area contributed by atoms with Crippen molar-refractivity contribution in [2.24, 2.45) is 0 Å². The van der Waals surface area contributed by atoms with Crippen LogP contribution in [0, 0.1) is 0 Å². The van der Waals surface area contributed by atoms with E-state index in [1.54, 1.807) is 19.1 Å². The highest BCUT2D eigenvalue weighted by Crippen LogP contribution is 2.25. The number of hydrogen-bond acceptors (Lipinski definition) is 3. The lowest BCUT2D eigenvalue weighted by Gasteiger charge is -2.08. The Morgan fingerprint density at radius 1 is 1.12 bits per heavy atom. The van der Waals surface area contributed by atoms with Gasteiger partial charge in [-0.2, -0.15) is 0 Å². The van der Waals surface area contributed by atoms with Crippen molar-refractivity contribution in [3.63, 3.8) is 0 Å². The van der Waals surface area contributed by atoms with E-state index in [0.717, 1.165) is 4.57 Å². The highest BCUT2D eigenvalue weighted by atomic mass is 35.5. The molecule has 0 saturated heterocycles. The first kappa shape index (κ1) is 17.3. The van der Waals surface area contributed by atoms with Gasteiger partial charge in [0.25, 0.3) is 11.5 Å². The van der Waals surface area contributed by atoms with Gasteiger partial charge in [0.1, 0.15) is 0 Å². The van der Waals surface area contributed by atoms with Crippen molar-refractivity contribution in [3.8, 4) is 0 Å². The number of nitrogens with one attached hydrogen (secondary N) is 2. The number of anilines is 1. The molecule has 3 rings (SSSR count). The summed E-state index contributed by atoms with van der Waals surface area (Å²) in [5, 5.41) is 3.73. The molecule has 3 aromatic rings. The van der Waals surface area contributed by atoms with E-state index in [0.29, 0.717) is 32.2 Å². The van der Waals surface area contributed by atoms with Crippen molar-refractivity contribution in [1.29, 1.82) is 0 Å². The number of halogens is 2. The SMILES string of the molecule is CCn1c(=O)[nH]c2cc(C(=O)Nc3ccc(Cl)c(Cl)c3)ccc2c1=O. The number of carbonyl (C=O) groups excluding carboxylic acids is 1. The Hall–Kier alpha value is -2.57. The van der Waals surface area contributed by atoms with Gasteiger partial charge in [0.05, 0.1) is 20.9 Å². The van der Waals surface area contributed by atoms with Crippen molar-refractivity contribution in [2.45, 2.75) is 13.5 Å². The van der Waals surface area contributed by atoms with Crippen molar-refractivity contribution >= 4 is 45.7 Å². The largest absolute Gasteiger partial charge is 0.328 e. The Morgan fingerprint density at radius 3 is 2.56 bits per heavy atom. The third-order valence-electron chi connectivity index (χ3n) is 3.74. The van der Waals surface area contributed by atoms with Gasteiger partial charge in [-0.05, 0) is 43.3 Å². The molecular formula is C17H13Cl2N3O3. The third kappa shape index (κ3) is 3.31. The molecule has 0 aliphatic carbocycles. The van der Waals surface area contributed by atoms with Crippen LogP contribution in [0.3, 0.4) is 0 Å². The van der Waals surface area contributed by atoms with Gasteiger partial charge in [0.2, 0.25) is 0 Å². The molecule has 1 heterocycles. The number of amides is 1. The van der Waals surface area contributed by atoms with Crippen LogP contribution in [0.4, 0.5) is 5.69 Å². The van der Waals surface area contributed by atoms with Gasteiger partial charge in [0, 0.05) is 17.8 Å². The molecule has 0 aliphatic heterocycles. The first-order chi connectivity index (χ1) is 11.9. The Labute approximate surface area is 152 Å². The molecule has 0 bridgehead atoms. The van der Waals surface area contributed by atoms with Gasteiger partial charge in [-0.3, -0.25) is 14.2 Å². The van der Waals surface area contributed by atoms with Crippen molar-refractivity contribution in [1.82, 2.24) is 9.55 Å². The van der Waals surface area contributed by atoms with Crippen LogP contribution in [0.15, 0.2) is 46.0 Å². The zero-order valence-electron chi connectivity index (χ0n) is 13.1. The zero-order valence-corrected chi connectivity index (χ0v) is 14.6. The quantitative estimate of drug-likeness (QED) is 0.734. The molecule has 25 heavy (non-hydrogen) atoms. The molecule has 128 valence electrons. The standard InChI is InChI=1S/C17H13Cl2N3O3/c1-2-22-16(24)11-5-3-9(7-14(11)21-17(22)25)15(23)20-10-4-6-12(18)13(19)8-10/h3-8H,2H2,1H3,(H,20,23)(H,21,25). The molecule has 8 heteroatoms. The number of aromatic nitrogens is 2. The summed E-state index contributed by atoms with van der Waals surface area (Å²) in [4.78, 5) is 39.1. The number of benzene rings is 2. The van der Waals surface area contributed by atoms with Crippen molar-refractivity contribution < 1.29 is 4.79 Å². The number of aromatic amines is 1. The lowest BCUT2D eigenvalue weighted by molar-refractivity contribution is 0.102. The van der Waals surface area contributed by atoms with Crippen LogP contribution < -0.4 is 16.6 Å². The van der Waals surface area contributed by atoms with E-state index in [1.165, 1.54) is 24.3 Å². The number of nitrogens with zero attached hydrogens (tertiary/aromatic N) is 1. The van der Waals surface area contributed by atoms with E-state index in [-0.39, 0.29) is 6.54 Å². The summed E-state index contributed by atoms with van der Waals surface area (Å²) >= 11 is 11.8. The third-order valence-corrected chi connectivity index (χ3v) is 4.48. The lowest BCUT2D eigenvalue weighted by Crippen LogP contribution is -2.34. The van der Waals surface area contributed by atoms with Crippen LogP contribution in [-0.2, 0) is 6.54 Å². The summed E-state index contributed by atoms with van der Waals surface area (Å²) in [6, 6.07) is 9.23. The highest BCUT2D eigenvalue weighted by Gasteiger charge is 2.11. The fourth-order valence-electron chi connectivity index (χ4n) is 2.46. The van der Waals surface area contributed by atoms with E-state index in [1.807, 2.05) is 0 Å². The minimum atomic E-state index is -0.512. The lowest BCUT2D eigenvalue weighted by atomic mass is 10.1. The first-order valence-corrected chi connectivity index (χ1v) is 8.19. The molecule has 0 spiro atoms. The van der Waals surface area contributed by atoms with Crippen LogP contribution in [0.2, 0.25) is 10.0 Å². The van der Waals surface area contributed by atoms with Crippen molar-refractivity contribution in [3.05, 3.63) is 72.8 Å². The predicted molar refractivity (Wildman–Crippen MR) is 98.9 cm³/mol. The van der Waals surface area contributed by atoms with Gasteiger partial charge in [-0.1, -0.05) is 23.2 Å². The molecule has 2 aromatic carbocycles. The van der Waals surface area contributed by atoms with Crippen LogP contribution in [0.5, 0.6) is 0 Å². The Kier molecular flexibility index (Phi) is 4.65. The molecule has 0 unspecified atom stereocenters. The molecule has 2 N–H and O–H groups in total. The molecule has 0 radical (unpaired) electrons. The predicted octanol–water partition coefficient (Wildman–Crippen LogP) is 3.27. The van der Waals surface area contributed by atoms with Gasteiger partial charge >= 0.3 is 5.69 Å². The van der Waals surface area contributed by atoms with Crippen LogP contribution in [0.25, 0.3) is 10.9 Å². The maximum absolute atomic E-state index is 12.4. The maximum atomic E-state index is 12.4. The molecule has 0 atom stereocenters. The molecule has 0 fully saturated rings. The highest BCUT2D eigenvalue weighted by molar-refractivity contribution is 6.42. The average molecular weight is 378 g/mol. The minimum absolute atomic E-state index is 0.268. The van der Waals surface area contributed by atoms with Crippen LogP contribution in [-0.4, -0.2) is 15.5 Å². The second-order valence-corrected chi connectivity index (χ2v) is 6.14. The maximum Gasteiger partial charge on any atom is 0.328 e. The molecule has 0 saturated carbocycles. The topological polar surface area (TPSA) is 84.0 Å². The number of fused-ring (bicyclic) bond motifs is 1. The smallest absolute Gasteiger partial charge is 0.322 e. The summed E-state index contributed by atoms with van der Waals surface area (Å²) < 4.78 is 1.10. The van der Waals surface area contributed by atoms with Gasteiger partial charge < -0.3 is 10.3 Å². The fourth-order valence-corrected chi connectivity index (χ4v) is 2.76. The van der Waals surface area contributed by atoms with E-state index in [2.05, 4.69) is 10.3 Å². The zero-order chi connectivity index (χ0) is 18.1. The second kappa shape index (κ2) is 6.74. The number of carbonyl (C=O) groups is 1. The van der Waals surface area contributed by atoms with Gasteiger partial charge in [-0.25, -0.2) is 4.79 Å². The summed E-state index contributed by atoms with van der Waals surface area (Å²) in [6.07, 6.45) is 0. The summed E-state index contributed by atoms with van der Waals surface area (Å²) in [7, 11) is 0. The number of H-pyrrole nitrogens is 1. The van der Waals surface area contributed by atoms with Crippen molar-refractivity contribution in [2.75, 3.05) is 5.32 Å². The minimum Gasteiger partial charge on any atom is -0.322 e. The molecule has 1 amide bonds. The van der Waals surface area contributed by atoms with E-state index in [9.17, 15) is 14.4 Å². The molecule has 1 aromatic heterocycles. The molecule has 6 nitrogen and oxygen atoms in total. The Morgan fingerprint density at radius 2 is 1.88 bits per heavy atom. The summed E-state index contributed by atoms with van der Waals surface area (Å²) in [5.74, 6) is -0.402. The molecular weight excluding hydrogens is 365 g/mol. The second-order valence-electron chi connectivity index (χ2n) is 5.32. The Bertz CT molecular complexity index is 1100. The van der Waals surface area contributed by atoms with E-state index < -0.39 is 17.2 Å². The normalized spacial score (nSPS) is 10.8. The number of hydrogen-bond donors (Lipinski definition) is 2. The summed E-state index contributed by atoms with van der Waals surface area (Å²) in [6.45, 7) is 1.98. The van der Waals surface area contributed by atoms with E-state index >= 15 is 0 Å². The first-order valence-electron chi connectivity index (χ1n) is 7.44. The average Bonchev–Trinajstić information content (AvgIpc) is 2.58. The van der Waals surface area contributed by atoms with E-state index in [4.69, 9.17) is 23.2 Å². The van der Waals surface area contributed by atoms with Crippen LogP contribution >= 0.6 is 23.2 Å². The summed E-state index contributed by atoms with van der Waals surface area (Å²) in [5.41, 5.74) is 0.179. The monoisotopic (exact) mass is 377 g/mol. The Balaban J connectivity index is 1.98. The van der Waals surface area contributed by atoms with Crippen LogP contribution in [0.1, 0.15) is 17.3 Å². The van der Waals surface area contributed by atoms with Gasteiger partial charge in [-0.15, -0.1) is 0 Å². The number of rotatable bonds is 3. The van der Waals surface area contributed by atoms with Gasteiger partial charge in [0.15, 0.2) is 0 Å². The fraction of sp³-hybridized carbons (Fsp3) is 0.118.